The van der Waals surface area contributed by atoms with E-state index in [1.54, 1.807) is 6.92 Å². The number of rotatable bonds is 5. The van der Waals surface area contributed by atoms with Gasteiger partial charge in [0.25, 0.3) is 0 Å². The van der Waals surface area contributed by atoms with E-state index in [0.29, 0.717) is 24.9 Å². The molecule has 0 aliphatic carbocycles. The van der Waals surface area contributed by atoms with Crippen LogP contribution in [0, 0.1) is 18.8 Å². The normalized spacial score (nSPS) is 23.8. The molecule has 2 aromatic rings. The van der Waals surface area contributed by atoms with Gasteiger partial charge in [-0.05, 0) is 29.5 Å². The molecule has 2 saturated heterocycles. The molecule has 2 aliphatic rings. The van der Waals surface area contributed by atoms with Crippen LogP contribution in [0.3, 0.4) is 0 Å². The maximum absolute atomic E-state index is 12.5. The number of hydrogen-bond donors (Lipinski definition) is 1. The monoisotopic (exact) mass is 391 g/mol. The third kappa shape index (κ3) is 4.20. The van der Waals surface area contributed by atoms with Crippen LogP contribution in [0.1, 0.15) is 29.7 Å². The Morgan fingerprint density at radius 3 is 2.45 bits per heavy atom. The third-order valence-corrected chi connectivity index (χ3v) is 6.39. The fourth-order valence-electron chi connectivity index (χ4n) is 4.93. The van der Waals surface area contributed by atoms with E-state index < -0.39 is 0 Å². The molecule has 0 unspecified atom stereocenters. The van der Waals surface area contributed by atoms with Gasteiger partial charge in [0, 0.05) is 39.0 Å². The highest BCUT2D eigenvalue weighted by atomic mass is 16.2. The molecule has 1 N–H and O–H groups in total. The molecule has 2 aromatic carbocycles. The highest BCUT2D eigenvalue weighted by molar-refractivity contribution is 5.78. The summed E-state index contributed by atoms with van der Waals surface area (Å²) in [4.78, 5) is 29.0. The molecule has 0 saturated carbocycles. The summed E-state index contributed by atoms with van der Waals surface area (Å²) in [5.41, 5.74) is 3.54. The topological polar surface area (TPSA) is 52.7 Å². The van der Waals surface area contributed by atoms with Gasteiger partial charge >= 0.3 is 0 Å². The largest absolute Gasteiger partial charge is 0.351 e. The summed E-state index contributed by atoms with van der Waals surface area (Å²) in [6, 6.07) is 18.5. The molecular weight excluding hydrogens is 362 g/mol. The highest BCUT2D eigenvalue weighted by Gasteiger charge is 2.48. The van der Waals surface area contributed by atoms with Gasteiger partial charge in [-0.25, -0.2) is 0 Å². The van der Waals surface area contributed by atoms with Gasteiger partial charge in [0.15, 0.2) is 0 Å². The van der Waals surface area contributed by atoms with Crippen molar-refractivity contribution in [1.29, 1.82) is 0 Å². The van der Waals surface area contributed by atoms with Crippen LogP contribution in [0.4, 0.5) is 0 Å². The Bertz CT molecular complexity index is 883. The lowest BCUT2D eigenvalue weighted by molar-refractivity contribution is -0.130. The highest BCUT2D eigenvalue weighted by Crippen LogP contribution is 2.44. The Morgan fingerprint density at radius 1 is 1.00 bits per heavy atom. The van der Waals surface area contributed by atoms with Crippen molar-refractivity contribution in [2.75, 3.05) is 26.2 Å². The minimum absolute atomic E-state index is 0.0629. The second kappa shape index (κ2) is 8.37. The van der Waals surface area contributed by atoms with Crippen molar-refractivity contribution in [3.8, 4) is 0 Å². The van der Waals surface area contributed by atoms with Gasteiger partial charge in [0.2, 0.25) is 11.8 Å². The van der Waals surface area contributed by atoms with E-state index in [1.807, 2.05) is 35.2 Å². The fourth-order valence-corrected chi connectivity index (χ4v) is 4.93. The van der Waals surface area contributed by atoms with Crippen LogP contribution in [0.2, 0.25) is 0 Å². The van der Waals surface area contributed by atoms with Crippen LogP contribution in [-0.4, -0.2) is 47.8 Å². The van der Waals surface area contributed by atoms with E-state index in [-0.39, 0.29) is 17.9 Å². The van der Waals surface area contributed by atoms with Gasteiger partial charge in [0.05, 0.1) is 12.6 Å². The van der Waals surface area contributed by atoms with Crippen molar-refractivity contribution < 1.29 is 9.59 Å². The smallest absolute Gasteiger partial charge is 0.234 e. The average molecular weight is 392 g/mol. The number of aryl methyl sites for hydroxylation is 1. The van der Waals surface area contributed by atoms with Crippen LogP contribution in [-0.2, 0) is 16.1 Å². The molecular formula is C24H29N3O2. The Labute approximate surface area is 172 Å². The predicted octanol–water partition coefficient (Wildman–Crippen LogP) is 2.76. The van der Waals surface area contributed by atoms with Crippen molar-refractivity contribution in [1.82, 2.24) is 15.1 Å². The molecule has 2 heterocycles. The molecule has 2 aliphatic heterocycles. The minimum atomic E-state index is 0.0629. The molecule has 3 atom stereocenters. The van der Waals surface area contributed by atoms with Crippen molar-refractivity contribution in [2.45, 2.75) is 26.4 Å². The number of fused-ring (bicyclic) bond motifs is 1. The maximum atomic E-state index is 12.5. The molecule has 4 rings (SSSR count). The van der Waals surface area contributed by atoms with Crippen molar-refractivity contribution in [2.24, 2.45) is 11.8 Å². The standard InChI is InChI=1S/C24H29N3O2/c1-17-8-6-7-11-20(17)12-25-23(29)16-26-13-21-14-27(18(2)28)24(22(21)15-26)19-9-4-3-5-10-19/h3-11,21-22,24H,12-16H2,1-2H3,(H,25,29)/t21-,22-,24-/m1/s1. The Kier molecular flexibility index (Phi) is 5.67. The SMILES string of the molecule is CC(=O)N1C[C@H]2CN(CC(=O)NCc3ccccc3C)C[C@H]2[C@H]1c1ccccc1. The molecule has 5 nitrogen and oxygen atoms in total. The summed E-state index contributed by atoms with van der Waals surface area (Å²) in [5, 5.41) is 3.06. The summed E-state index contributed by atoms with van der Waals surface area (Å²) in [7, 11) is 0. The summed E-state index contributed by atoms with van der Waals surface area (Å²) < 4.78 is 0. The molecule has 5 heteroatoms. The number of nitrogens with one attached hydrogen (secondary N) is 1. The lowest BCUT2D eigenvalue weighted by atomic mass is 9.89. The first-order valence-electron chi connectivity index (χ1n) is 10.4. The Morgan fingerprint density at radius 2 is 1.72 bits per heavy atom. The number of likely N-dealkylation sites (tertiary alicyclic amines) is 2. The maximum Gasteiger partial charge on any atom is 0.234 e. The average Bonchev–Trinajstić information content (AvgIpc) is 3.25. The number of hydrogen-bond acceptors (Lipinski definition) is 3. The lowest BCUT2D eigenvalue weighted by Gasteiger charge is -2.29. The van der Waals surface area contributed by atoms with Gasteiger partial charge in [0.1, 0.15) is 0 Å². The van der Waals surface area contributed by atoms with Crippen molar-refractivity contribution >= 4 is 11.8 Å². The van der Waals surface area contributed by atoms with Crippen LogP contribution in [0.5, 0.6) is 0 Å². The van der Waals surface area contributed by atoms with Gasteiger partial charge in [-0.1, -0.05) is 54.6 Å². The summed E-state index contributed by atoms with van der Waals surface area (Å²) in [6.45, 7) is 7.21. The molecule has 2 fully saturated rings. The molecule has 29 heavy (non-hydrogen) atoms. The first-order chi connectivity index (χ1) is 14.0. The van der Waals surface area contributed by atoms with Gasteiger partial charge in [-0.2, -0.15) is 0 Å². The first kappa shape index (κ1) is 19.6. The fraction of sp³-hybridized carbons (Fsp3) is 0.417. The Balaban J connectivity index is 1.38. The predicted molar refractivity (Wildman–Crippen MR) is 113 cm³/mol. The van der Waals surface area contributed by atoms with E-state index in [9.17, 15) is 9.59 Å². The molecule has 0 spiro atoms. The zero-order valence-corrected chi connectivity index (χ0v) is 17.2. The molecule has 0 radical (unpaired) electrons. The number of nitrogens with zero attached hydrogens (tertiary/aromatic N) is 2. The van der Waals surface area contributed by atoms with E-state index >= 15 is 0 Å². The first-order valence-corrected chi connectivity index (χ1v) is 10.4. The van der Waals surface area contributed by atoms with Crippen LogP contribution >= 0.6 is 0 Å². The van der Waals surface area contributed by atoms with Gasteiger partial charge in [-0.3, -0.25) is 14.5 Å². The molecule has 2 amide bonds. The number of carbonyl (C=O) groups excluding carboxylic acids is 2. The lowest BCUT2D eigenvalue weighted by Crippen LogP contribution is -2.39. The van der Waals surface area contributed by atoms with E-state index in [2.05, 4.69) is 41.4 Å². The van der Waals surface area contributed by atoms with Crippen molar-refractivity contribution in [3.05, 3.63) is 71.3 Å². The van der Waals surface area contributed by atoms with Crippen LogP contribution in [0.25, 0.3) is 0 Å². The quantitative estimate of drug-likeness (QED) is 0.853. The summed E-state index contributed by atoms with van der Waals surface area (Å²) >= 11 is 0. The number of carbonyl (C=O) groups is 2. The zero-order chi connectivity index (χ0) is 20.4. The van der Waals surface area contributed by atoms with E-state index in [1.165, 1.54) is 11.1 Å². The van der Waals surface area contributed by atoms with Gasteiger partial charge in [-0.15, -0.1) is 0 Å². The minimum Gasteiger partial charge on any atom is -0.351 e. The third-order valence-electron chi connectivity index (χ3n) is 6.39. The van der Waals surface area contributed by atoms with Crippen molar-refractivity contribution in [3.63, 3.8) is 0 Å². The van der Waals surface area contributed by atoms with Crippen LogP contribution in [0.15, 0.2) is 54.6 Å². The number of amides is 2. The summed E-state index contributed by atoms with van der Waals surface area (Å²) in [6.07, 6.45) is 0. The van der Waals surface area contributed by atoms with E-state index in [0.717, 1.165) is 25.2 Å². The van der Waals surface area contributed by atoms with E-state index in [4.69, 9.17) is 0 Å². The second-order valence-corrected chi connectivity index (χ2v) is 8.35. The Hall–Kier alpha value is -2.66. The van der Waals surface area contributed by atoms with Crippen LogP contribution < -0.4 is 5.32 Å². The zero-order valence-electron chi connectivity index (χ0n) is 17.2. The second-order valence-electron chi connectivity index (χ2n) is 8.35. The molecule has 152 valence electrons. The van der Waals surface area contributed by atoms with Gasteiger partial charge < -0.3 is 10.2 Å². The summed E-state index contributed by atoms with van der Waals surface area (Å²) in [5.74, 6) is 1.00. The molecule has 0 bridgehead atoms. The molecule has 0 aromatic heterocycles. The number of benzene rings is 2.